The number of rotatable bonds is 32. The standard InChI is InChI=1S/C97H106N4O17/c1-56(2)39-78(96(106)98(59-21-17-33-67(41-59)108-49-58-37-38-58)60-22-18-34-68(42-60)109-50-71-53-112-71)100-92(102)74-45-80(115-63-25-9-5-10-26-63)86-88-82(117-65-29-13-7-14-30-65)47-76-85-77(48-83(118-66-31-15-8-16-32-66)89(91(85)88)87-81(116-64-27-11-6-12-28-64)46-75(93(100)103)84(74)90(86)87)95(105)101(94(76)104)79(40-57(3)4)97(107)99(61-23-19-35-69(43-61)110-51-72-54-113-72)62-24-20-36-70(44-62)111-52-73-55-114-73/h5-16,25-32,45-48,56-62,67-73,78-79H,17-24,33-44,49-55H2,1-4H3. The van der Waals surface area contributed by atoms with Crippen LogP contribution in [0.15, 0.2) is 146 Å². The van der Waals surface area contributed by atoms with E-state index in [1.54, 1.807) is 24.3 Å². The molecule has 9 aromatic carbocycles. The van der Waals surface area contributed by atoms with E-state index in [1.165, 1.54) is 9.80 Å². The molecule has 13 atom stereocenters. The van der Waals surface area contributed by atoms with Crippen molar-refractivity contribution in [1.29, 1.82) is 0 Å². The Balaban J connectivity index is 0.822. The largest absolute Gasteiger partial charge is 0.457 e. The predicted molar refractivity (Wildman–Crippen MR) is 445 cm³/mol. The van der Waals surface area contributed by atoms with Gasteiger partial charge in [0, 0.05) is 73.9 Å². The molecule has 8 fully saturated rings. The average molecular weight is 1600 g/mol. The lowest BCUT2D eigenvalue weighted by Crippen LogP contribution is -2.60. The van der Waals surface area contributed by atoms with Crippen LogP contribution in [0.3, 0.4) is 0 Å². The second kappa shape index (κ2) is 33.6. The minimum absolute atomic E-state index is 0.0547. The van der Waals surface area contributed by atoms with E-state index in [-0.39, 0.29) is 159 Å². The fourth-order valence-electron chi connectivity index (χ4n) is 20.0. The molecule has 0 N–H and O–H groups in total. The maximum Gasteiger partial charge on any atom is 0.262 e. The van der Waals surface area contributed by atoms with Crippen LogP contribution in [-0.4, -0.2) is 180 Å². The van der Waals surface area contributed by atoms with Gasteiger partial charge in [-0.3, -0.25) is 38.6 Å². The van der Waals surface area contributed by atoms with Crippen LogP contribution in [0, 0.1) is 17.8 Å². The number of carbonyl (C=O) groups excluding carboxylic acids is 6. The number of hydrogen-bond acceptors (Lipinski definition) is 17. The molecule has 5 saturated carbocycles. The molecule has 118 heavy (non-hydrogen) atoms. The summed E-state index contributed by atoms with van der Waals surface area (Å²) < 4.78 is 72.6. The van der Waals surface area contributed by atoms with Crippen LogP contribution in [0.1, 0.15) is 198 Å². The molecule has 616 valence electrons. The molecule has 6 amide bonds. The maximum atomic E-state index is 17.1. The molecule has 0 radical (unpaired) electrons. The van der Waals surface area contributed by atoms with Gasteiger partial charge in [0.25, 0.3) is 23.6 Å². The molecular formula is C97H106N4O17. The summed E-state index contributed by atoms with van der Waals surface area (Å²) in [5.74, 6) is -1.02. The first-order valence-corrected chi connectivity index (χ1v) is 43.6. The van der Waals surface area contributed by atoms with Gasteiger partial charge >= 0.3 is 0 Å². The van der Waals surface area contributed by atoms with Gasteiger partial charge in [0.2, 0.25) is 11.8 Å². The van der Waals surface area contributed by atoms with Crippen molar-refractivity contribution in [3.8, 4) is 46.0 Å². The van der Waals surface area contributed by atoms with Gasteiger partial charge in [-0.25, -0.2) is 0 Å². The van der Waals surface area contributed by atoms with Crippen LogP contribution in [0.4, 0.5) is 0 Å². The Morgan fingerprint density at radius 3 is 0.864 bits per heavy atom. The van der Waals surface area contributed by atoms with E-state index < -0.39 is 35.7 Å². The van der Waals surface area contributed by atoms with Gasteiger partial charge in [-0.1, -0.05) is 100 Å². The van der Waals surface area contributed by atoms with Gasteiger partial charge < -0.3 is 61.9 Å². The first-order chi connectivity index (χ1) is 57.6. The van der Waals surface area contributed by atoms with Gasteiger partial charge in [0.1, 0.15) is 76.4 Å². The van der Waals surface area contributed by atoms with Crippen molar-refractivity contribution in [3.05, 3.63) is 168 Å². The highest BCUT2D eigenvalue weighted by Gasteiger charge is 2.52. The van der Waals surface area contributed by atoms with Crippen molar-refractivity contribution < 1.29 is 80.9 Å². The lowest BCUT2D eigenvalue weighted by atomic mass is 9.80. The molecule has 0 bridgehead atoms. The topological polar surface area (TPSA) is 227 Å². The average Bonchev–Trinajstić information content (AvgIpc) is 1.61. The number of hydrogen-bond donors (Lipinski definition) is 0. The Kier molecular flexibility index (Phi) is 22.3. The second-order valence-corrected chi connectivity index (χ2v) is 35.5. The number of imide groups is 2. The van der Waals surface area contributed by atoms with Gasteiger partial charge in [0.05, 0.1) is 86.3 Å². The second-order valence-electron chi connectivity index (χ2n) is 35.5. The van der Waals surface area contributed by atoms with Gasteiger partial charge in [-0.15, -0.1) is 0 Å². The van der Waals surface area contributed by atoms with Gasteiger partial charge in [0.15, 0.2) is 0 Å². The molecule has 10 aliphatic rings. The van der Waals surface area contributed by atoms with Crippen LogP contribution >= 0.6 is 0 Å². The summed E-state index contributed by atoms with van der Waals surface area (Å²) in [5.41, 5.74) is 0.352. The number of ether oxygens (including phenoxy) is 11. The number of nitrogens with zero attached hydrogens (tertiary/aromatic N) is 4. The van der Waals surface area contributed by atoms with Crippen molar-refractivity contribution in [1.82, 2.24) is 19.6 Å². The van der Waals surface area contributed by atoms with E-state index in [4.69, 9.17) is 52.1 Å². The molecule has 5 heterocycles. The number of fused-ring (bicyclic) bond motifs is 2. The van der Waals surface area contributed by atoms with Crippen LogP contribution in [0.2, 0.25) is 0 Å². The molecule has 21 nitrogen and oxygen atoms in total. The van der Waals surface area contributed by atoms with Crippen molar-refractivity contribution in [3.63, 3.8) is 0 Å². The van der Waals surface area contributed by atoms with Crippen LogP contribution in [0.5, 0.6) is 46.0 Å². The fraction of sp³-hybridized carbons (Fsp3) is 0.485. The zero-order chi connectivity index (χ0) is 80.4. The first kappa shape index (κ1) is 78.3. The molecule has 0 spiro atoms. The molecule has 3 saturated heterocycles. The molecule has 0 aromatic heterocycles. The summed E-state index contributed by atoms with van der Waals surface area (Å²) >= 11 is 0. The molecule has 5 aliphatic carbocycles. The van der Waals surface area contributed by atoms with E-state index >= 15 is 28.8 Å². The first-order valence-electron chi connectivity index (χ1n) is 43.6. The number of benzene rings is 9. The minimum atomic E-state index is -1.29. The van der Waals surface area contributed by atoms with Gasteiger partial charge in [-0.2, -0.15) is 0 Å². The van der Waals surface area contributed by atoms with Crippen molar-refractivity contribution in [2.24, 2.45) is 17.8 Å². The maximum absolute atomic E-state index is 17.1. The fourth-order valence-corrected chi connectivity index (χ4v) is 20.0. The molecule has 13 unspecified atom stereocenters. The van der Waals surface area contributed by atoms with Crippen LogP contribution in [-0.2, 0) is 42.7 Å². The molecular weight excluding hydrogens is 1490 g/mol. The van der Waals surface area contributed by atoms with Crippen molar-refractivity contribution in [2.45, 2.75) is 235 Å². The highest BCUT2D eigenvalue weighted by Crippen LogP contribution is 2.59. The zero-order valence-corrected chi connectivity index (χ0v) is 67.9. The SMILES string of the molecule is CC(C)CC(C(=O)N(C1CCCC(OCC2CC2)C1)C1CCCC(OCC2CO2)C1)N1C(=O)c2cc(Oc3ccccc3)c3c4c(Oc5ccccc5)cc5c6c(cc(Oc7ccccc7)c(c7c(Oc8ccccc8)cc(c2c37)C1=O)c64)C(=O)N(C(CC(C)C)C(=O)N(C1CCCC(OCC2CO2)C1)C1CCCC(OCC2CO2)C1)C5=O. The number of para-hydroxylation sites is 4. The lowest BCUT2D eigenvalue weighted by Gasteiger charge is -2.47. The van der Waals surface area contributed by atoms with E-state index in [9.17, 15) is 0 Å². The van der Waals surface area contributed by atoms with Crippen molar-refractivity contribution >= 4 is 78.5 Å². The number of epoxide rings is 3. The third-order valence-corrected chi connectivity index (χ3v) is 25.9. The molecule has 9 aromatic rings. The lowest BCUT2D eigenvalue weighted by molar-refractivity contribution is -0.147. The molecule has 5 aliphatic heterocycles. The van der Waals surface area contributed by atoms with Crippen molar-refractivity contribution in [2.75, 3.05) is 46.2 Å². The Morgan fingerprint density at radius 1 is 0.356 bits per heavy atom. The Bertz CT molecular complexity index is 4620. The Morgan fingerprint density at radius 2 is 0.619 bits per heavy atom. The zero-order valence-electron chi connectivity index (χ0n) is 67.9. The number of amides is 6. The highest BCUT2D eigenvalue weighted by atomic mass is 16.6. The third kappa shape index (κ3) is 16.2. The summed E-state index contributed by atoms with van der Waals surface area (Å²) in [6, 6.07) is 40.0. The minimum Gasteiger partial charge on any atom is -0.457 e. The quantitative estimate of drug-likeness (QED) is 0.0165. The van der Waals surface area contributed by atoms with E-state index in [0.717, 1.165) is 77.0 Å². The predicted octanol–water partition coefficient (Wildman–Crippen LogP) is 18.5. The summed E-state index contributed by atoms with van der Waals surface area (Å²) in [6.07, 6.45) is 14.3. The van der Waals surface area contributed by atoms with E-state index in [1.807, 2.05) is 154 Å². The van der Waals surface area contributed by atoms with Crippen LogP contribution in [0.25, 0.3) is 43.1 Å². The Hall–Kier alpha value is -9.58. The molecule has 19 rings (SSSR count). The summed E-state index contributed by atoms with van der Waals surface area (Å²) in [6.45, 7) is 12.2. The van der Waals surface area contributed by atoms with Gasteiger partial charge in [-0.05, 0) is 219 Å². The summed E-state index contributed by atoms with van der Waals surface area (Å²) in [7, 11) is 0. The number of carbonyl (C=O) groups is 6. The molecule has 21 heteroatoms. The smallest absolute Gasteiger partial charge is 0.262 e. The normalized spacial score (nSPS) is 25.4. The Labute approximate surface area is 688 Å². The summed E-state index contributed by atoms with van der Waals surface area (Å²) in [5, 5.41) is 2.61. The summed E-state index contributed by atoms with van der Waals surface area (Å²) in [4.78, 5) is 109. The highest BCUT2D eigenvalue weighted by molar-refractivity contribution is 6.45. The third-order valence-electron chi connectivity index (χ3n) is 25.9. The van der Waals surface area contributed by atoms with E-state index in [2.05, 4.69) is 4.90 Å². The van der Waals surface area contributed by atoms with Crippen LogP contribution < -0.4 is 18.9 Å². The van der Waals surface area contributed by atoms with E-state index in [0.29, 0.717) is 146 Å². The monoisotopic (exact) mass is 1600 g/mol.